The number of carbonyl (C=O) groups excluding carboxylic acids is 2. The topological polar surface area (TPSA) is 98.2 Å². The molecule has 1 atom stereocenters. The molecule has 0 heterocycles. The van der Waals surface area contributed by atoms with Gasteiger partial charge in [-0.2, -0.15) is 0 Å². The third-order valence-electron chi connectivity index (χ3n) is 2.06. The van der Waals surface area contributed by atoms with Gasteiger partial charge >= 0.3 is 0 Å². The van der Waals surface area contributed by atoms with Crippen molar-refractivity contribution in [1.82, 2.24) is 5.32 Å². The van der Waals surface area contributed by atoms with E-state index in [9.17, 15) is 9.59 Å². The van der Waals surface area contributed by atoms with E-state index in [1.54, 1.807) is 0 Å². The number of carbonyl (C=O) groups is 2. The summed E-state index contributed by atoms with van der Waals surface area (Å²) in [5, 5.41) is 2.62. The van der Waals surface area contributed by atoms with E-state index in [2.05, 4.69) is 5.32 Å². The summed E-state index contributed by atoms with van der Waals surface area (Å²) >= 11 is 0. The minimum atomic E-state index is -0.636. The highest BCUT2D eigenvalue weighted by atomic mass is 16.2. The Labute approximate surface area is 90.6 Å². The second-order valence-corrected chi connectivity index (χ2v) is 4.66. The van der Waals surface area contributed by atoms with Gasteiger partial charge in [-0.25, -0.2) is 0 Å². The molecular weight excluding hydrogens is 194 g/mol. The molecule has 15 heavy (non-hydrogen) atoms. The molecule has 0 rings (SSSR count). The van der Waals surface area contributed by atoms with Gasteiger partial charge < -0.3 is 16.8 Å². The van der Waals surface area contributed by atoms with Crippen molar-refractivity contribution in [1.29, 1.82) is 0 Å². The molecular formula is C10H21N3O2. The van der Waals surface area contributed by atoms with E-state index in [-0.39, 0.29) is 11.3 Å². The molecule has 0 aromatic heterocycles. The van der Waals surface area contributed by atoms with Crippen molar-refractivity contribution in [3.63, 3.8) is 0 Å². The van der Waals surface area contributed by atoms with Crippen LogP contribution in [0.3, 0.4) is 0 Å². The van der Waals surface area contributed by atoms with Gasteiger partial charge in [0.1, 0.15) is 6.04 Å². The van der Waals surface area contributed by atoms with Crippen LogP contribution in [0.1, 0.15) is 33.6 Å². The van der Waals surface area contributed by atoms with E-state index in [4.69, 9.17) is 11.5 Å². The molecule has 5 nitrogen and oxygen atoms in total. The first-order valence-electron chi connectivity index (χ1n) is 5.07. The minimum Gasteiger partial charge on any atom is -0.368 e. The molecule has 5 heteroatoms. The zero-order chi connectivity index (χ0) is 12.1. The molecule has 0 aliphatic heterocycles. The molecule has 0 aliphatic carbocycles. The molecule has 0 aromatic carbocycles. The van der Waals surface area contributed by atoms with E-state index in [1.807, 2.05) is 20.8 Å². The zero-order valence-corrected chi connectivity index (χ0v) is 9.67. The Hall–Kier alpha value is -1.10. The van der Waals surface area contributed by atoms with Crippen molar-refractivity contribution in [2.75, 3.05) is 6.54 Å². The molecule has 0 bridgehead atoms. The van der Waals surface area contributed by atoms with Gasteiger partial charge in [-0.3, -0.25) is 9.59 Å². The van der Waals surface area contributed by atoms with E-state index >= 15 is 0 Å². The van der Waals surface area contributed by atoms with E-state index in [0.29, 0.717) is 19.4 Å². The second-order valence-electron chi connectivity index (χ2n) is 4.66. The van der Waals surface area contributed by atoms with Crippen LogP contribution in [-0.2, 0) is 9.59 Å². The maximum Gasteiger partial charge on any atom is 0.240 e. The summed E-state index contributed by atoms with van der Waals surface area (Å²) < 4.78 is 0. The van der Waals surface area contributed by atoms with Gasteiger partial charge in [0.25, 0.3) is 0 Å². The fraction of sp³-hybridized carbons (Fsp3) is 0.800. The van der Waals surface area contributed by atoms with Crippen LogP contribution in [0.4, 0.5) is 0 Å². The highest BCUT2D eigenvalue weighted by Gasteiger charge is 2.30. The monoisotopic (exact) mass is 215 g/mol. The summed E-state index contributed by atoms with van der Waals surface area (Å²) in [6.45, 7) is 6.02. The summed E-state index contributed by atoms with van der Waals surface area (Å²) in [6, 6.07) is -0.636. The standard InChI is InChI=1S/C10H21N3O2/c1-10(2,3)8(9(12)15)13-7(14)5-4-6-11/h8H,4-6,11H2,1-3H3,(H2,12,15)(H,13,14). The van der Waals surface area contributed by atoms with Gasteiger partial charge in [0, 0.05) is 6.42 Å². The largest absolute Gasteiger partial charge is 0.368 e. The van der Waals surface area contributed by atoms with Crippen LogP contribution >= 0.6 is 0 Å². The lowest BCUT2D eigenvalue weighted by atomic mass is 9.86. The van der Waals surface area contributed by atoms with E-state index in [1.165, 1.54) is 0 Å². The third-order valence-corrected chi connectivity index (χ3v) is 2.06. The van der Waals surface area contributed by atoms with Gasteiger partial charge in [-0.1, -0.05) is 20.8 Å². The Balaban J connectivity index is 4.31. The van der Waals surface area contributed by atoms with Crippen molar-refractivity contribution in [2.24, 2.45) is 16.9 Å². The van der Waals surface area contributed by atoms with E-state index in [0.717, 1.165) is 0 Å². The van der Waals surface area contributed by atoms with Crippen molar-refractivity contribution in [2.45, 2.75) is 39.7 Å². The average Bonchev–Trinajstić information content (AvgIpc) is 2.08. The Morgan fingerprint density at radius 3 is 2.20 bits per heavy atom. The lowest BCUT2D eigenvalue weighted by molar-refractivity contribution is -0.129. The highest BCUT2D eigenvalue weighted by Crippen LogP contribution is 2.18. The average molecular weight is 215 g/mol. The molecule has 0 saturated carbocycles. The number of primary amides is 1. The third kappa shape index (κ3) is 5.37. The summed E-state index contributed by atoms with van der Waals surface area (Å²) in [4.78, 5) is 22.5. The van der Waals surface area contributed by atoms with Gasteiger partial charge in [0.15, 0.2) is 0 Å². The molecule has 2 amide bonds. The number of rotatable bonds is 5. The first-order chi connectivity index (χ1) is 6.79. The molecule has 88 valence electrons. The first-order valence-corrected chi connectivity index (χ1v) is 5.07. The zero-order valence-electron chi connectivity index (χ0n) is 9.67. The Bertz CT molecular complexity index is 233. The van der Waals surface area contributed by atoms with Crippen LogP contribution < -0.4 is 16.8 Å². The van der Waals surface area contributed by atoms with Crippen LogP contribution in [-0.4, -0.2) is 24.4 Å². The quantitative estimate of drug-likeness (QED) is 0.589. The summed E-state index contributed by atoms with van der Waals surface area (Å²) in [7, 11) is 0. The normalized spacial score (nSPS) is 13.3. The number of nitrogens with one attached hydrogen (secondary N) is 1. The van der Waals surface area contributed by atoms with Gasteiger partial charge in [0.05, 0.1) is 0 Å². The Kier molecular flexibility index (Phi) is 5.28. The molecule has 1 unspecified atom stereocenters. The molecule has 0 aliphatic rings. The maximum atomic E-state index is 11.4. The van der Waals surface area contributed by atoms with Crippen LogP contribution in [0.2, 0.25) is 0 Å². The van der Waals surface area contributed by atoms with Crippen LogP contribution in [0.15, 0.2) is 0 Å². The summed E-state index contributed by atoms with van der Waals surface area (Å²) in [6.07, 6.45) is 0.942. The van der Waals surface area contributed by atoms with Gasteiger partial charge in [-0.05, 0) is 18.4 Å². The molecule has 0 saturated heterocycles. The predicted molar refractivity (Wildman–Crippen MR) is 58.9 cm³/mol. The number of hydrogen-bond acceptors (Lipinski definition) is 3. The molecule has 0 aromatic rings. The number of hydrogen-bond donors (Lipinski definition) is 3. The summed E-state index contributed by atoms with van der Waals surface area (Å²) in [5.74, 6) is -0.692. The van der Waals surface area contributed by atoms with Gasteiger partial charge in [0.2, 0.25) is 11.8 Å². The molecule has 0 radical (unpaired) electrons. The SMILES string of the molecule is CC(C)(C)C(NC(=O)CCCN)C(N)=O. The maximum absolute atomic E-state index is 11.4. The van der Waals surface area contributed by atoms with Crippen molar-refractivity contribution >= 4 is 11.8 Å². The lowest BCUT2D eigenvalue weighted by Gasteiger charge is -2.28. The van der Waals surface area contributed by atoms with Crippen LogP contribution in [0, 0.1) is 5.41 Å². The lowest BCUT2D eigenvalue weighted by Crippen LogP contribution is -2.52. The predicted octanol–water partition coefficient (Wildman–Crippen LogP) is -0.258. The fourth-order valence-electron chi connectivity index (χ4n) is 1.21. The van der Waals surface area contributed by atoms with Crippen molar-refractivity contribution in [3.8, 4) is 0 Å². The fourth-order valence-corrected chi connectivity index (χ4v) is 1.21. The van der Waals surface area contributed by atoms with Crippen LogP contribution in [0.5, 0.6) is 0 Å². The molecule has 5 N–H and O–H groups in total. The molecule has 0 spiro atoms. The minimum absolute atomic E-state index is 0.181. The first kappa shape index (κ1) is 13.9. The second kappa shape index (κ2) is 5.70. The highest BCUT2D eigenvalue weighted by molar-refractivity contribution is 5.87. The van der Waals surface area contributed by atoms with Gasteiger partial charge in [-0.15, -0.1) is 0 Å². The van der Waals surface area contributed by atoms with Crippen molar-refractivity contribution < 1.29 is 9.59 Å². The number of nitrogens with two attached hydrogens (primary N) is 2. The number of amides is 2. The Morgan fingerprint density at radius 2 is 1.87 bits per heavy atom. The summed E-state index contributed by atoms with van der Waals surface area (Å²) in [5.41, 5.74) is 10.1. The van der Waals surface area contributed by atoms with Crippen molar-refractivity contribution in [3.05, 3.63) is 0 Å². The van der Waals surface area contributed by atoms with Crippen LogP contribution in [0.25, 0.3) is 0 Å². The molecule has 0 fully saturated rings. The van der Waals surface area contributed by atoms with E-state index < -0.39 is 11.9 Å². The smallest absolute Gasteiger partial charge is 0.240 e. The Morgan fingerprint density at radius 1 is 1.33 bits per heavy atom.